The number of aliphatic hydroxyl groups excluding tert-OH is 7. The Labute approximate surface area is 126 Å². The first-order chi connectivity index (χ1) is 10.4. The summed E-state index contributed by atoms with van der Waals surface area (Å²) in [6, 6.07) is 0. The Morgan fingerprint density at radius 2 is 1.45 bits per heavy atom. The van der Waals surface area contributed by atoms with Crippen molar-refractivity contribution in [3.8, 4) is 0 Å². The third-order valence-corrected chi connectivity index (χ3v) is 3.84. The molecule has 0 bridgehead atoms. The number of hydrogen-bond donors (Lipinski definition) is 7. The van der Waals surface area contributed by atoms with Crippen LogP contribution in [-0.4, -0.2) is 104 Å². The molecular weight excluding hydrogens is 304 g/mol. The topological polar surface area (TPSA) is 169 Å². The summed E-state index contributed by atoms with van der Waals surface area (Å²) in [7, 11) is 0. The normalized spacial score (nSPS) is 50.0. The van der Waals surface area contributed by atoms with Gasteiger partial charge in [-0.15, -0.1) is 0 Å². The van der Waals surface area contributed by atoms with Crippen molar-refractivity contribution < 1.29 is 50.0 Å². The molecule has 2 saturated heterocycles. The second kappa shape index (κ2) is 7.45. The Hall–Kier alpha value is -0.400. The van der Waals surface area contributed by atoms with E-state index in [1.165, 1.54) is 0 Å². The van der Waals surface area contributed by atoms with Crippen LogP contribution in [0.4, 0.5) is 0 Å². The molecule has 10 nitrogen and oxygen atoms in total. The summed E-state index contributed by atoms with van der Waals surface area (Å²) in [5.74, 6) is 0. The third kappa shape index (κ3) is 3.57. The first-order valence-corrected chi connectivity index (χ1v) is 6.97. The Balaban J connectivity index is 2.07. The summed E-state index contributed by atoms with van der Waals surface area (Å²) >= 11 is 0. The van der Waals surface area contributed by atoms with Gasteiger partial charge in [-0.3, -0.25) is 0 Å². The molecule has 2 rings (SSSR count). The van der Waals surface area contributed by atoms with Crippen LogP contribution < -0.4 is 0 Å². The standard InChI is InChI=1S/C12H22O10/c13-2-5-8(17)9(18)10(19)12(21-5)22-11-4(15)1-7(16)20-6(11)3-14/h4-19H,1-3H2/t4-,5-,6-,7+,8+,9+,10-,11+,12+/m0/s1. The molecule has 2 aliphatic heterocycles. The number of aliphatic hydroxyl groups is 7. The molecule has 0 aromatic carbocycles. The van der Waals surface area contributed by atoms with Crippen LogP contribution in [0.1, 0.15) is 6.42 Å². The molecule has 2 aliphatic rings. The fraction of sp³-hybridized carbons (Fsp3) is 1.00. The molecule has 0 saturated carbocycles. The van der Waals surface area contributed by atoms with E-state index in [9.17, 15) is 30.6 Å². The maximum Gasteiger partial charge on any atom is 0.187 e. The summed E-state index contributed by atoms with van der Waals surface area (Å²) in [4.78, 5) is 0. The predicted molar refractivity (Wildman–Crippen MR) is 67.2 cm³/mol. The zero-order chi connectivity index (χ0) is 16.4. The highest BCUT2D eigenvalue weighted by molar-refractivity contribution is 4.91. The maximum absolute atomic E-state index is 9.92. The molecule has 10 heteroatoms. The fourth-order valence-electron chi connectivity index (χ4n) is 2.58. The highest BCUT2D eigenvalue weighted by Gasteiger charge is 2.47. The summed E-state index contributed by atoms with van der Waals surface area (Å²) < 4.78 is 15.5. The average Bonchev–Trinajstić information content (AvgIpc) is 2.49. The molecule has 0 aliphatic carbocycles. The van der Waals surface area contributed by atoms with Crippen molar-refractivity contribution in [2.24, 2.45) is 0 Å². The molecule has 130 valence electrons. The smallest absolute Gasteiger partial charge is 0.187 e. The average molecular weight is 326 g/mol. The first kappa shape index (κ1) is 17.9. The van der Waals surface area contributed by atoms with Crippen molar-refractivity contribution in [1.82, 2.24) is 0 Å². The minimum absolute atomic E-state index is 0.168. The Morgan fingerprint density at radius 3 is 2.05 bits per heavy atom. The van der Waals surface area contributed by atoms with Gasteiger partial charge < -0.3 is 50.0 Å². The second-order valence-corrected chi connectivity index (χ2v) is 5.41. The summed E-state index contributed by atoms with van der Waals surface area (Å²) in [5.41, 5.74) is 0. The van der Waals surface area contributed by atoms with Crippen molar-refractivity contribution in [2.75, 3.05) is 13.2 Å². The predicted octanol–water partition coefficient (Wildman–Crippen LogP) is -4.37. The molecule has 2 heterocycles. The highest BCUT2D eigenvalue weighted by atomic mass is 16.7. The minimum Gasteiger partial charge on any atom is -0.394 e. The lowest BCUT2D eigenvalue weighted by Gasteiger charge is -2.44. The van der Waals surface area contributed by atoms with E-state index in [0.717, 1.165) is 0 Å². The maximum atomic E-state index is 9.92. The molecule has 0 aromatic rings. The van der Waals surface area contributed by atoms with Crippen molar-refractivity contribution >= 4 is 0 Å². The van der Waals surface area contributed by atoms with E-state index in [0.29, 0.717) is 0 Å². The molecule has 0 spiro atoms. The van der Waals surface area contributed by atoms with Crippen molar-refractivity contribution in [1.29, 1.82) is 0 Å². The highest BCUT2D eigenvalue weighted by Crippen LogP contribution is 2.28. The van der Waals surface area contributed by atoms with Crippen LogP contribution in [0.3, 0.4) is 0 Å². The Kier molecular flexibility index (Phi) is 6.07. The van der Waals surface area contributed by atoms with Gasteiger partial charge in [0, 0.05) is 6.42 Å². The van der Waals surface area contributed by atoms with E-state index in [1.807, 2.05) is 0 Å². The van der Waals surface area contributed by atoms with E-state index < -0.39 is 68.5 Å². The number of hydrogen-bond acceptors (Lipinski definition) is 10. The molecular formula is C12H22O10. The van der Waals surface area contributed by atoms with Crippen molar-refractivity contribution in [2.45, 2.75) is 61.7 Å². The van der Waals surface area contributed by atoms with Crippen LogP contribution in [0, 0.1) is 0 Å². The van der Waals surface area contributed by atoms with E-state index in [4.69, 9.17) is 19.3 Å². The number of ether oxygens (including phenoxy) is 3. The SMILES string of the molecule is OC[C@@H]1O[C@H](O[C@H]2[C@H](CO)O[C@@H](O)C[C@@H]2O)[C@@H](O)[C@H](O)[C@@H]1O. The quantitative estimate of drug-likeness (QED) is 0.268. The summed E-state index contributed by atoms with van der Waals surface area (Å²) in [6.07, 6.45) is -12.2. The Bertz CT molecular complexity index is 353. The molecule has 7 N–H and O–H groups in total. The largest absolute Gasteiger partial charge is 0.394 e. The van der Waals surface area contributed by atoms with Crippen LogP contribution in [0.5, 0.6) is 0 Å². The second-order valence-electron chi connectivity index (χ2n) is 5.41. The van der Waals surface area contributed by atoms with Crippen LogP contribution in [0.2, 0.25) is 0 Å². The summed E-state index contributed by atoms with van der Waals surface area (Å²) in [5, 5.41) is 66.8. The van der Waals surface area contributed by atoms with Gasteiger partial charge in [0.1, 0.15) is 36.6 Å². The van der Waals surface area contributed by atoms with Gasteiger partial charge in [-0.2, -0.15) is 0 Å². The van der Waals surface area contributed by atoms with Gasteiger partial charge in [-0.25, -0.2) is 0 Å². The van der Waals surface area contributed by atoms with Gasteiger partial charge in [0.25, 0.3) is 0 Å². The van der Waals surface area contributed by atoms with E-state index in [-0.39, 0.29) is 6.42 Å². The van der Waals surface area contributed by atoms with E-state index >= 15 is 0 Å². The van der Waals surface area contributed by atoms with Gasteiger partial charge in [0.15, 0.2) is 12.6 Å². The molecule has 2 fully saturated rings. The lowest BCUT2D eigenvalue weighted by molar-refractivity contribution is -0.342. The zero-order valence-electron chi connectivity index (χ0n) is 11.7. The van der Waals surface area contributed by atoms with Crippen molar-refractivity contribution in [3.05, 3.63) is 0 Å². The molecule has 22 heavy (non-hydrogen) atoms. The molecule has 0 aromatic heterocycles. The molecule has 0 unspecified atom stereocenters. The molecule has 9 atom stereocenters. The fourth-order valence-corrected chi connectivity index (χ4v) is 2.58. The van der Waals surface area contributed by atoms with E-state index in [2.05, 4.69) is 0 Å². The van der Waals surface area contributed by atoms with Crippen molar-refractivity contribution in [3.63, 3.8) is 0 Å². The first-order valence-electron chi connectivity index (χ1n) is 6.97. The lowest BCUT2D eigenvalue weighted by atomic mass is 9.98. The zero-order valence-corrected chi connectivity index (χ0v) is 11.7. The summed E-state index contributed by atoms with van der Waals surface area (Å²) in [6.45, 7) is -1.17. The van der Waals surface area contributed by atoms with Gasteiger partial charge in [-0.1, -0.05) is 0 Å². The monoisotopic (exact) mass is 326 g/mol. The van der Waals surface area contributed by atoms with Gasteiger partial charge >= 0.3 is 0 Å². The van der Waals surface area contributed by atoms with Gasteiger partial charge in [0.05, 0.1) is 19.3 Å². The Morgan fingerprint density at radius 1 is 0.818 bits per heavy atom. The van der Waals surface area contributed by atoms with Crippen LogP contribution in [0.25, 0.3) is 0 Å². The van der Waals surface area contributed by atoms with Crippen LogP contribution in [-0.2, 0) is 14.2 Å². The molecule has 0 radical (unpaired) electrons. The third-order valence-electron chi connectivity index (χ3n) is 3.84. The van der Waals surface area contributed by atoms with E-state index in [1.54, 1.807) is 0 Å². The van der Waals surface area contributed by atoms with Crippen LogP contribution >= 0.6 is 0 Å². The minimum atomic E-state index is -1.63. The van der Waals surface area contributed by atoms with Crippen LogP contribution in [0.15, 0.2) is 0 Å². The van der Waals surface area contributed by atoms with Gasteiger partial charge in [0.2, 0.25) is 0 Å². The number of rotatable bonds is 4. The van der Waals surface area contributed by atoms with Gasteiger partial charge in [-0.05, 0) is 0 Å². The lowest BCUT2D eigenvalue weighted by Crippen LogP contribution is -2.62. The molecule has 0 amide bonds.